The maximum Gasteiger partial charge on any atom is 0.315 e. The minimum absolute atomic E-state index is 0.0207. The van der Waals surface area contributed by atoms with Gasteiger partial charge in [-0.2, -0.15) is 0 Å². The van der Waals surface area contributed by atoms with Crippen molar-refractivity contribution in [2.24, 2.45) is 0 Å². The highest BCUT2D eigenvalue weighted by atomic mass is 35.5. The first kappa shape index (κ1) is 15.6. The molecule has 0 aliphatic carbocycles. The zero-order valence-electron chi connectivity index (χ0n) is 11.9. The lowest BCUT2D eigenvalue weighted by Gasteiger charge is -2.26. The molecule has 1 aromatic rings. The Kier molecular flexibility index (Phi) is 5.87. The molecule has 0 unspecified atom stereocenters. The van der Waals surface area contributed by atoms with Crippen LogP contribution in [0.3, 0.4) is 0 Å². The molecule has 0 aromatic heterocycles. The molecule has 1 aliphatic rings. The van der Waals surface area contributed by atoms with Gasteiger partial charge in [0.05, 0.1) is 6.54 Å². The molecule has 2 N–H and O–H groups in total. The summed E-state index contributed by atoms with van der Waals surface area (Å²) in [4.78, 5) is 25.4. The second-order valence-corrected chi connectivity index (χ2v) is 5.54. The fourth-order valence-corrected chi connectivity index (χ4v) is 2.52. The van der Waals surface area contributed by atoms with Crippen LogP contribution in [0.1, 0.15) is 24.8 Å². The van der Waals surface area contributed by atoms with Gasteiger partial charge in [-0.3, -0.25) is 4.79 Å². The lowest BCUT2D eigenvalue weighted by atomic mass is 10.1. The van der Waals surface area contributed by atoms with E-state index in [-0.39, 0.29) is 18.5 Å². The molecule has 1 saturated heterocycles. The molecule has 114 valence electrons. The van der Waals surface area contributed by atoms with Gasteiger partial charge in [0.15, 0.2) is 0 Å². The standard InChI is InChI=1S/C15H20ClN3O2/c16-13-6-4-5-12(9-13)10-17-15(21)18-11-14(20)19-7-2-1-3-8-19/h4-6,9H,1-3,7-8,10-11H2,(H2,17,18,21). The van der Waals surface area contributed by atoms with Crippen LogP contribution in [-0.2, 0) is 11.3 Å². The van der Waals surface area contributed by atoms with Crippen molar-refractivity contribution in [1.29, 1.82) is 0 Å². The molecule has 2 rings (SSSR count). The molecule has 6 heteroatoms. The number of likely N-dealkylation sites (tertiary alicyclic amines) is 1. The molecule has 0 saturated carbocycles. The van der Waals surface area contributed by atoms with Crippen molar-refractivity contribution in [3.05, 3.63) is 34.9 Å². The summed E-state index contributed by atoms with van der Waals surface area (Å²) < 4.78 is 0. The lowest BCUT2D eigenvalue weighted by Crippen LogP contribution is -2.45. The molecule has 0 spiro atoms. The van der Waals surface area contributed by atoms with Crippen LogP contribution in [0.25, 0.3) is 0 Å². The summed E-state index contributed by atoms with van der Waals surface area (Å²) in [5.74, 6) is -0.0207. The first-order valence-corrected chi connectivity index (χ1v) is 7.57. The molecule has 1 heterocycles. The Morgan fingerprint density at radius 2 is 1.90 bits per heavy atom. The SMILES string of the molecule is O=C(NCC(=O)N1CCCCC1)NCc1cccc(Cl)c1. The van der Waals surface area contributed by atoms with Crippen LogP contribution in [0.2, 0.25) is 5.02 Å². The van der Waals surface area contributed by atoms with Crippen LogP contribution in [-0.4, -0.2) is 36.5 Å². The van der Waals surface area contributed by atoms with Crippen LogP contribution in [0.4, 0.5) is 4.79 Å². The number of carbonyl (C=O) groups is 2. The number of halogens is 1. The topological polar surface area (TPSA) is 61.4 Å². The second-order valence-electron chi connectivity index (χ2n) is 5.11. The van der Waals surface area contributed by atoms with Gasteiger partial charge in [-0.05, 0) is 37.0 Å². The van der Waals surface area contributed by atoms with E-state index >= 15 is 0 Å². The summed E-state index contributed by atoms with van der Waals surface area (Å²) in [6.45, 7) is 2.01. The number of nitrogens with zero attached hydrogens (tertiary/aromatic N) is 1. The number of hydrogen-bond acceptors (Lipinski definition) is 2. The maximum absolute atomic E-state index is 11.9. The Morgan fingerprint density at radius 3 is 2.62 bits per heavy atom. The van der Waals surface area contributed by atoms with E-state index in [1.807, 2.05) is 12.1 Å². The Labute approximate surface area is 129 Å². The average molecular weight is 310 g/mol. The number of benzene rings is 1. The highest BCUT2D eigenvalue weighted by molar-refractivity contribution is 6.30. The summed E-state index contributed by atoms with van der Waals surface area (Å²) in [7, 11) is 0. The summed E-state index contributed by atoms with van der Waals surface area (Å²) in [6.07, 6.45) is 3.27. The fourth-order valence-electron chi connectivity index (χ4n) is 2.30. The largest absolute Gasteiger partial charge is 0.341 e. The molecule has 1 fully saturated rings. The van der Waals surface area contributed by atoms with Crippen molar-refractivity contribution in [2.45, 2.75) is 25.8 Å². The molecule has 1 aliphatic heterocycles. The van der Waals surface area contributed by atoms with Crippen molar-refractivity contribution < 1.29 is 9.59 Å². The Hall–Kier alpha value is -1.75. The smallest absolute Gasteiger partial charge is 0.315 e. The van der Waals surface area contributed by atoms with Gasteiger partial charge in [0.1, 0.15) is 0 Å². The molecule has 0 radical (unpaired) electrons. The Morgan fingerprint density at radius 1 is 1.14 bits per heavy atom. The van der Waals surface area contributed by atoms with Gasteiger partial charge < -0.3 is 15.5 Å². The number of amides is 3. The van der Waals surface area contributed by atoms with E-state index in [0.29, 0.717) is 11.6 Å². The molecular weight excluding hydrogens is 290 g/mol. The predicted octanol–water partition coefficient (Wildman–Crippen LogP) is 2.15. The van der Waals surface area contributed by atoms with Crippen LogP contribution < -0.4 is 10.6 Å². The van der Waals surface area contributed by atoms with Gasteiger partial charge in [-0.15, -0.1) is 0 Å². The number of nitrogens with one attached hydrogen (secondary N) is 2. The Balaban J connectivity index is 1.68. The van der Waals surface area contributed by atoms with Gasteiger partial charge in [0, 0.05) is 24.7 Å². The third kappa shape index (κ3) is 5.27. The summed E-state index contributed by atoms with van der Waals surface area (Å²) >= 11 is 5.87. The van der Waals surface area contributed by atoms with E-state index in [2.05, 4.69) is 10.6 Å². The maximum atomic E-state index is 11.9. The first-order valence-electron chi connectivity index (χ1n) is 7.19. The van der Waals surface area contributed by atoms with Gasteiger partial charge in [0.2, 0.25) is 5.91 Å². The number of rotatable bonds is 4. The van der Waals surface area contributed by atoms with Gasteiger partial charge in [0.25, 0.3) is 0 Å². The van der Waals surface area contributed by atoms with E-state index < -0.39 is 0 Å². The monoisotopic (exact) mass is 309 g/mol. The van der Waals surface area contributed by atoms with E-state index in [1.165, 1.54) is 6.42 Å². The highest BCUT2D eigenvalue weighted by Gasteiger charge is 2.16. The molecule has 0 atom stereocenters. The number of hydrogen-bond donors (Lipinski definition) is 2. The quantitative estimate of drug-likeness (QED) is 0.895. The minimum atomic E-state index is -0.347. The third-order valence-electron chi connectivity index (χ3n) is 3.45. The zero-order chi connectivity index (χ0) is 15.1. The average Bonchev–Trinajstić information content (AvgIpc) is 2.51. The van der Waals surface area contributed by atoms with E-state index in [9.17, 15) is 9.59 Å². The van der Waals surface area contributed by atoms with Gasteiger partial charge >= 0.3 is 6.03 Å². The molecule has 21 heavy (non-hydrogen) atoms. The van der Waals surface area contributed by atoms with Crippen molar-refractivity contribution >= 4 is 23.5 Å². The normalized spacial score (nSPS) is 14.6. The Bertz CT molecular complexity index is 501. The van der Waals surface area contributed by atoms with Crippen LogP contribution >= 0.6 is 11.6 Å². The number of piperidine rings is 1. The summed E-state index contributed by atoms with van der Waals surface area (Å²) in [6, 6.07) is 6.94. The lowest BCUT2D eigenvalue weighted by molar-refractivity contribution is -0.130. The van der Waals surface area contributed by atoms with Crippen molar-refractivity contribution in [3.63, 3.8) is 0 Å². The van der Waals surface area contributed by atoms with Crippen LogP contribution in [0.15, 0.2) is 24.3 Å². The molecule has 3 amide bonds. The van der Waals surface area contributed by atoms with Gasteiger partial charge in [-0.25, -0.2) is 4.79 Å². The summed E-state index contributed by atoms with van der Waals surface area (Å²) in [5.41, 5.74) is 0.917. The van der Waals surface area contributed by atoms with E-state index in [1.54, 1.807) is 17.0 Å². The van der Waals surface area contributed by atoms with E-state index in [0.717, 1.165) is 31.5 Å². The number of urea groups is 1. The third-order valence-corrected chi connectivity index (χ3v) is 3.69. The van der Waals surface area contributed by atoms with Crippen LogP contribution in [0, 0.1) is 0 Å². The van der Waals surface area contributed by atoms with Crippen LogP contribution in [0.5, 0.6) is 0 Å². The molecule has 0 bridgehead atoms. The highest BCUT2D eigenvalue weighted by Crippen LogP contribution is 2.10. The predicted molar refractivity (Wildman–Crippen MR) is 82.1 cm³/mol. The van der Waals surface area contributed by atoms with Crippen molar-refractivity contribution in [2.75, 3.05) is 19.6 Å². The van der Waals surface area contributed by atoms with E-state index in [4.69, 9.17) is 11.6 Å². The fraction of sp³-hybridized carbons (Fsp3) is 0.467. The zero-order valence-corrected chi connectivity index (χ0v) is 12.7. The molecular formula is C15H20ClN3O2. The summed E-state index contributed by atoms with van der Waals surface area (Å²) in [5, 5.41) is 5.93. The van der Waals surface area contributed by atoms with Crippen molar-refractivity contribution in [1.82, 2.24) is 15.5 Å². The first-order chi connectivity index (χ1) is 10.1. The number of carbonyl (C=O) groups excluding carboxylic acids is 2. The minimum Gasteiger partial charge on any atom is -0.341 e. The second kappa shape index (κ2) is 7.88. The van der Waals surface area contributed by atoms with Gasteiger partial charge in [-0.1, -0.05) is 23.7 Å². The molecule has 1 aromatic carbocycles. The molecule has 5 nitrogen and oxygen atoms in total. The van der Waals surface area contributed by atoms with Crippen molar-refractivity contribution in [3.8, 4) is 0 Å².